The van der Waals surface area contributed by atoms with Crippen LogP contribution < -0.4 is 5.73 Å². The summed E-state index contributed by atoms with van der Waals surface area (Å²) in [6.45, 7) is 9.64. The van der Waals surface area contributed by atoms with E-state index in [9.17, 15) is 9.90 Å². The van der Waals surface area contributed by atoms with E-state index < -0.39 is 5.97 Å². The van der Waals surface area contributed by atoms with E-state index in [1.54, 1.807) is 0 Å². The summed E-state index contributed by atoms with van der Waals surface area (Å²) in [5.74, 6) is -0.875. The number of nitrogens with two attached hydrogens (primary N) is 1. The van der Waals surface area contributed by atoms with Crippen LogP contribution >= 0.6 is 0 Å². The van der Waals surface area contributed by atoms with E-state index >= 15 is 0 Å². The first-order valence-electron chi connectivity index (χ1n) is 8.39. The summed E-state index contributed by atoms with van der Waals surface area (Å²) in [7, 11) is 0. The predicted octanol–water partition coefficient (Wildman–Crippen LogP) is 3.94. The van der Waals surface area contributed by atoms with E-state index in [0.29, 0.717) is 18.7 Å². The first-order chi connectivity index (χ1) is 10.8. The SMILES string of the molecule is CCCCc1cn(CCN)c2c(C(=O)O)cc(C(C)(C)C)cc12. The van der Waals surface area contributed by atoms with E-state index in [0.717, 1.165) is 35.7 Å². The van der Waals surface area contributed by atoms with Gasteiger partial charge in [0.2, 0.25) is 0 Å². The molecule has 3 N–H and O–H groups in total. The lowest BCUT2D eigenvalue weighted by atomic mass is 9.84. The molecule has 126 valence electrons. The van der Waals surface area contributed by atoms with Crippen LogP contribution in [-0.2, 0) is 18.4 Å². The lowest BCUT2D eigenvalue weighted by Crippen LogP contribution is -2.14. The van der Waals surface area contributed by atoms with Crippen molar-refractivity contribution in [2.75, 3.05) is 6.54 Å². The van der Waals surface area contributed by atoms with Crippen molar-refractivity contribution in [2.45, 2.75) is 58.9 Å². The van der Waals surface area contributed by atoms with E-state index in [1.165, 1.54) is 5.56 Å². The minimum absolute atomic E-state index is 0.0869. The van der Waals surface area contributed by atoms with Crippen LogP contribution in [0, 0.1) is 0 Å². The zero-order valence-corrected chi connectivity index (χ0v) is 14.6. The van der Waals surface area contributed by atoms with Crippen molar-refractivity contribution in [1.82, 2.24) is 4.57 Å². The molecule has 0 aliphatic heterocycles. The molecule has 0 saturated carbocycles. The molecule has 23 heavy (non-hydrogen) atoms. The minimum Gasteiger partial charge on any atom is -0.478 e. The Morgan fingerprint density at radius 3 is 2.52 bits per heavy atom. The van der Waals surface area contributed by atoms with Crippen LogP contribution in [0.4, 0.5) is 0 Å². The molecular formula is C19H28N2O2. The molecule has 0 spiro atoms. The summed E-state index contributed by atoms with van der Waals surface area (Å²) in [5.41, 5.74) is 9.10. The average Bonchev–Trinajstić information content (AvgIpc) is 2.81. The number of benzene rings is 1. The maximum absolute atomic E-state index is 11.8. The maximum Gasteiger partial charge on any atom is 0.337 e. The summed E-state index contributed by atoms with van der Waals surface area (Å²) >= 11 is 0. The molecule has 0 aliphatic rings. The highest BCUT2D eigenvalue weighted by Crippen LogP contribution is 2.32. The van der Waals surface area contributed by atoms with Gasteiger partial charge in [0.25, 0.3) is 0 Å². The van der Waals surface area contributed by atoms with Crippen LogP contribution in [-0.4, -0.2) is 22.2 Å². The summed E-state index contributed by atoms with van der Waals surface area (Å²) in [6, 6.07) is 3.99. The van der Waals surface area contributed by atoms with Crippen molar-refractivity contribution in [3.8, 4) is 0 Å². The highest BCUT2D eigenvalue weighted by atomic mass is 16.4. The molecule has 0 radical (unpaired) electrons. The Bertz CT molecular complexity index is 708. The normalized spacial score (nSPS) is 12.0. The monoisotopic (exact) mass is 316 g/mol. The number of carbonyl (C=O) groups is 1. The molecule has 0 aliphatic carbocycles. The van der Waals surface area contributed by atoms with Crippen molar-refractivity contribution < 1.29 is 9.90 Å². The second kappa shape index (κ2) is 6.75. The van der Waals surface area contributed by atoms with Gasteiger partial charge < -0.3 is 15.4 Å². The van der Waals surface area contributed by atoms with Gasteiger partial charge in [-0.15, -0.1) is 0 Å². The van der Waals surface area contributed by atoms with Crippen molar-refractivity contribution in [2.24, 2.45) is 5.73 Å². The van der Waals surface area contributed by atoms with Crippen LogP contribution in [0.3, 0.4) is 0 Å². The van der Waals surface area contributed by atoms with Gasteiger partial charge in [-0.25, -0.2) is 4.79 Å². The molecule has 0 atom stereocenters. The van der Waals surface area contributed by atoms with Gasteiger partial charge in [0, 0.05) is 24.7 Å². The highest BCUT2D eigenvalue weighted by Gasteiger charge is 2.22. The fourth-order valence-corrected chi connectivity index (χ4v) is 2.99. The number of aromatic nitrogens is 1. The third kappa shape index (κ3) is 3.58. The fraction of sp³-hybridized carbons (Fsp3) is 0.526. The van der Waals surface area contributed by atoms with Crippen LogP contribution in [0.2, 0.25) is 0 Å². The Kier molecular flexibility index (Phi) is 5.15. The molecule has 4 nitrogen and oxygen atoms in total. The number of carboxylic acid groups (broad SMARTS) is 1. The van der Waals surface area contributed by atoms with Crippen molar-refractivity contribution in [1.29, 1.82) is 0 Å². The van der Waals surface area contributed by atoms with E-state index in [-0.39, 0.29) is 5.41 Å². The van der Waals surface area contributed by atoms with Gasteiger partial charge >= 0.3 is 5.97 Å². The number of fused-ring (bicyclic) bond motifs is 1. The Labute approximate surface area is 138 Å². The lowest BCUT2D eigenvalue weighted by Gasteiger charge is -2.20. The molecule has 1 heterocycles. The van der Waals surface area contributed by atoms with Crippen LogP contribution in [0.1, 0.15) is 62.0 Å². The predicted molar refractivity (Wildman–Crippen MR) is 95.3 cm³/mol. The van der Waals surface area contributed by atoms with Gasteiger partial charge in [-0.1, -0.05) is 34.1 Å². The summed E-state index contributed by atoms with van der Waals surface area (Å²) < 4.78 is 2.01. The lowest BCUT2D eigenvalue weighted by molar-refractivity contribution is 0.0698. The minimum atomic E-state index is -0.875. The second-order valence-electron chi connectivity index (χ2n) is 7.22. The van der Waals surface area contributed by atoms with E-state index in [1.807, 2.05) is 10.6 Å². The third-order valence-corrected chi connectivity index (χ3v) is 4.32. The van der Waals surface area contributed by atoms with Crippen LogP contribution in [0.5, 0.6) is 0 Å². The van der Waals surface area contributed by atoms with Gasteiger partial charge in [0.1, 0.15) is 0 Å². The third-order valence-electron chi connectivity index (χ3n) is 4.32. The van der Waals surface area contributed by atoms with Gasteiger partial charge in [0.15, 0.2) is 0 Å². The number of nitrogens with zero attached hydrogens (tertiary/aromatic N) is 1. The largest absolute Gasteiger partial charge is 0.478 e. The smallest absolute Gasteiger partial charge is 0.337 e. The molecule has 0 saturated heterocycles. The highest BCUT2D eigenvalue weighted by molar-refractivity contribution is 6.04. The standard InChI is InChI=1S/C19H28N2O2/c1-5-6-7-13-12-21(9-8-20)17-15(13)10-14(19(2,3)4)11-16(17)18(22)23/h10-12H,5-9,20H2,1-4H3,(H,22,23). The average molecular weight is 316 g/mol. The Balaban J connectivity index is 2.77. The number of aryl methyl sites for hydroxylation is 1. The summed E-state index contributed by atoms with van der Waals surface area (Å²) in [6.07, 6.45) is 5.28. The van der Waals surface area contributed by atoms with Gasteiger partial charge in [0.05, 0.1) is 11.1 Å². The van der Waals surface area contributed by atoms with Crippen molar-refractivity contribution in [3.05, 3.63) is 35.0 Å². The number of aromatic carboxylic acids is 1. The Hall–Kier alpha value is -1.81. The summed E-state index contributed by atoms with van der Waals surface area (Å²) in [5, 5.41) is 10.8. The Morgan fingerprint density at radius 1 is 1.30 bits per heavy atom. The molecular weight excluding hydrogens is 288 g/mol. The number of unbranched alkanes of at least 4 members (excludes halogenated alkanes) is 1. The molecule has 1 aromatic heterocycles. The fourth-order valence-electron chi connectivity index (χ4n) is 2.99. The number of rotatable bonds is 6. The van der Waals surface area contributed by atoms with Gasteiger partial charge in [-0.3, -0.25) is 0 Å². The number of carboxylic acids is 1. The maximum atomic E-state index is 11.8. The summed E-state index contributed by atoms with van der Waals surface area (Å²) in [4.78, 5) is 11.8. The quantitative estimate of drug-likeness (QED) is 0.848. The Morgan fingerprint density at radius 2 is 2.00 bits per heavy atom. The van der Waals surface area contributed by atoms with Crippen LogP contribution in [0.15, 0.2) is 18.3 Å². The number of hydrogen-bond acceptors (Lipinski definition) is 2. The zero-order chi connectivity index (χ0) is 17.2. The van der Waals surface area contributed by atoms with E-state index in [2.05, 4.69) is 40.0 Å². The van der Waals surface area contributed by atoms with Crippen LogP contribution in [0.25, 0.3) is 10.9 Å². The van der Waals surface area contributed by atoms with E-state index in [4.69, 9.17) is 5.73 Å². The molecule has 0 fully saturated rings. The molecule has 0 bridgehead atoms. The molecule has 2 rings (SSSR count). The molecule has 2 aromatic rings. The second-order valence-corrected chi connectivity index (χ2v) is 7.22. The van der Waals surface area contributed by atoms with Gasteiger partial charge in [-0.2, -0.15) is 0 Å². The van der Waals surface area contributed by atoms with Crippen molar-refractivity contribution in [3.63, 3.8) is 0 Å². The van der Waals surface area contributed by atoms with Crippen molar-refractivity contribution >= 4 is 16.9 Å². The first kappa shape index (κ1) is 17.5. The molecule has 0 amide bonds. The molecule has 1 aromatic carbocycles. The molecule has 0 unspecified atom stereocenters. The van der Waals surface area contributed by atoms with Gasteiger partial charge in [-0.05, 0) is 41.5 Å². The first-order valence-corrected chi connectivity index (χ1v) is 8.39. The topological polar surface area (TPSA) is 68.2 Å². The number of hydrogen-bond donors (Lipinski definition) is 2. The molecule has 4 heteroatoms. The zero-order valence-electron chi connectivity index (χ0n) is 14.6.